The summed E-state index contributed by atoms with van der Waals surface area (Å²) in [5, 5.41) is 12.9. The topological polar surface area (TPSA) is 83.8 Å². The third-order valence-electron chi connectivity index (χ3n) is 4.15. The molecule has 0 radical (unpaired) electrons. The van der Waals surface area contributed by atoms with Crippen LogP contribution in [0.3, 0.4) is 0 Å². The average Bonchev–Trinajstić information content (AvgIpc) is 3.20. The number of piperazine rings is 1. The molecule has 0 atom stereocenters. The Morgan fingerprint density at radius 2 is 1.73 bits per heavy atom. The monoisotopic (exact) mass is 371 g/mol. The Morgan fingerprint density at radius 3 is 2.38 bits per heavy atom. The Labute approximate surface area is 154 Å². The van der Waals surface area contributed by atoms with Crippen LogP contribution in [-0.4, -0.2) is 52.7 Å². The molecule has 2 heterocycles. The van der Waals surface area contributed by atoms with E-state index in [1.165, 1.54) is 29.6 Å². The van der Waals surface area contributed by atoms with Crippen molar-refractivity contribution in [2.45, 2.75) is 0 Å². The number of nitrogens with zero attached hydrogens (tertiary/aromatic N) is 3. The van der Waals surface area contributed by atoms with E-state index in [-0.39, 0.29) is 17.5 Å². The Kier molecular flexibility index (Phi) is 5.43. The number of thiophene rings is 1. The van der Waals surface area contributed by atoms with Crippen molar-refractivity contribution in [3.05, 3.63) is 68.4 Å². The Morgan fingerprint density at radius 1 is 1.04 bits per heavy atom. The molecule has 1 aromatic heterocycles. The highest BCUT2D eigenvalue weighted by molar-refractivity contribution is 7.12. The quantitative estimate of drug-likeness (QED) is 0.470. The van der Waals surface area contributed by atoms with Gasteiger partial charge in [-0.1, -0.05) is 18.2 Å². The standard InChI is InChI=1S/C18H17N3O4S/c22-17(8-7-14-4-1-2-5-15(14)21(24)25)19-9-11-20(12-10-19)18(23)16-6-3-13-26-16/h1-8,13H,9-12H2/b8-7+. The summed E-state index contributed by atoms with van der Waals surface area (Å²) in [5.41, 5.74) is 0.347. The lowest BCUT2D eigenvalue weighted by molar-refractivity contribution is -0.385. The fraction of sp³-hybridized carbons (Fsp3) is 0.222. The molecule has 0 spiro atoms. The van der Waals surface area contributed by atoms with Crippen molar-refractivity contribution >= 4 is 34.9 Å². The highest BCUT2D eigenvalue weighted by Crippen LogP contribution is 2.19. The summed E-state index contributed by atoms with van der Waals surface area (Å²) in [7, 11) is 0. The van der Waals surface area contributed by atoms with Gasteiger partial charge in [0.2, 0.25) is 5.91 Å². The van der Waals surface area contributed by atoms with E-state index in [0.29, 0.717) is 36.6 Å². The van der Waals surface area contributed by atoms with Gasteiger partial charge in [0.15, 0.2) is 0 Å². The summed E-state index contributed by atoms with van der Waals surface area (Å²) in [6, 6.07) is 9.90. The van der Waals surface area contributed by atoms with E-state index in [4.69, 9.17) is 0 Å². The van der Waals surface area contributed by atoms with E-state index in [9.17, 15) is 19.7 Å². The molecule has 1 aromatic carbocycles. The summed E-state index contributed by atoms with van der Waals surface area (Å²) < 4.78 is 0. The molecular weight excluding hydrogens is 354 g/mol. The van der Waals surface area contributed by atoms with Gasteiger partial charge < -0.3 is 9.80 Å². The molecule has 1 saturated heterocycles. The van der Waals surface area contributed by atoms with Crippen molar-refractivity contribution in [3.8, 4) is 0 Å². The Hall–Kier alpha value is -3.00. The average molecular weight is 371 g/mol. The van der Waals surface area contributed by atoms with Crippen molar-refractivity contribution in [1.29, 1.82) is 0 Å². The number of para-hydroxylation sites is 1. The maximum absolute atomic E-state index is 12.3. The van der Waals surface area contributed by atoms with E-state index in [0.717, 1.165) is 0 Å². The third-order valence-corrected chi connectivity index (χ3v) is 5.01. The number of rotatable bonds is 4. The highest BCUT2D eigenvalue weighted by Gasteiger charge is 2.24. The zero-order valence-corrected chi connectivity index (χ0v) is 14.7. The van der Waals surface area contributed by atoms with Crippen molar-refractivity contribution < 1.29 is 14.5 Å². The lowest BCUT2D eigenvalue weighted by atomic mass is 10.1. The van der Waals surface area contributed by atoms with Crippen LogP contribution in [0.25, 0.3) is 6.08 Å². The van der Waals surface area contributed by atoms with Crippen LogP contribution in [0, 0.1) is 10.1 Å². The summed E-state index contributed by atoms with van der Waals surface area (Å²) in [6.07, 6.45) is 2.81. The van der Waals surface area contributed by atoms with E-state index in [2.05, 4.69) is 0 Å². The molecule has 7 nitrogen and oxygen atoms in total. The van der Waals surface area contributed by atoms with Crippen LogP contribution >= 0.6 is 11.3 Å². The molecule has 1 fully saturated rings. The van der Waals surface area contributed by atoms with Crippen LogP contribution in [0.1, 0.15) is 15.2 Å². The normalized spacial score (nSPS) is 14.6. The molecule has 0 bridgehead atoms. The number of hydrogen-bond donors (Lipinski definition) is 0. The molecule has 3 rings (SSSR count). The largest absolute Gasteiger partial charge is 0.336 e. The van der Waals surface area contributed by atoms with Crippen LogP contribution in [-0.2, 0) is 4.79 Å². The first-order chi connectivity index (χ1) is 12.6. The number of nitro groups is 1. The van der Waals surface area contributed by atoms with Crippen LogP contribution in [0.4, 0.5) is 5.69 Å². The molecule has 1 aliphatic heterocycles. The second kappa shape index (κ2) is 7.92. The lowest BCUT2D eigenvalue weighted by Crippen LogP contribution is -2.50. The fourth-order valence-corrected chi connectivity index (χ4v) is 3.44. The predicted molar refractivity (Wildman–Crippen MR) is 98.9 cm³/mol. The smallest absolute Gasteiger partial charge is 0.276 e. The van der Waals surface area contributed by atoms with Crippen LogP contribution < -0.4 is 0 Å². The third kappa shape index (κ3) is 3.97. The van der Waals surface area contributed by atoms with Gasteiger partial charge in [-0.15, -0.1) is 11.3 Å². The van der Waals surface area contributed by atoms with Crippen LogP contribution in [0.15, 0.2) is 47.9 Å². The summed E-state index contributed by atoms with van der Waals surface area (Å²) in [5.74, 6) is -0.228. The maximum Gasteiger partial charge on any atom is 0.276 e. The van der Waals surface area contributed by atoms with Crippen molar-refractivity contribution in [3.63, 3.8) is 0 Å². The molecular formula is C18H17N3O4S. The summed E-state index contributed by atoms with van der Waals surface area (Å²) >= 11 is 1.40. The number of carbonyl (C=O) groups is 2. The van der Waals surface area contributed by atoms with Crippen molar-refractivity contribution in [2.75, 3.05) is 26.2 Å². The Bertz CT molecular complexity index is 840. The first-order valence-corrected chi connectivity index (χ1v) is 8.97. The minimum Gasteiger partial charge on any atom is -0.336 e. The lowest BCUT2D eigenvalue weighted by Gasteiger charge is -2.34. The number of amides is 2. The van der Waals surface area contributed by atoms with Gasteiger partial charge in [-0.05, 0) is 23.6 Å². The zero-order valence-electron chi connectivity index (χ0n) is 13.9. The minimum atomic E-state index is -0.473. The molecule has 1 aliphatic rings. The molecule has 0 saturated carbocycles. The second-order valence-corrected chi connectivity index (χ2v) is 6.69. The number of carbonyl (C=O) groups excluding carboxylic acids is 2. The molecule has 0 unspecified atom stereocenters. The number of nitro benzene ring substituents is 1. The Balaban J connectivity index is 1.59. The van der Waals surface area contributed by atoms with E-state index in [1.807, 2.05) is 11.4 Å². The van der Waals surface area contributed by atoms with Gasteiger partial charge in [0.25, 0.3) is 11.6 Å². The van der Waals surface area contributed by atoms with Gasteiger partial charge in [0.1, 0.15) is 0 Å². The van der Waals surface area contributed by atoms with Crippen molar-refractivity contribution in [1.82, 2.24) is 9.80 Å². The van der Waals surface area contributed by atoms with Gasteiger partial charge in [-0.25, -0.2) is 0 Å². The van der Waals surface area contributed by atoms with E-state index in [1.54, 1.807) is 34.1 Å². The van der Waals surface area contributed by atoms with E-state index < -0.39 is 4.92 Å². The molecule has 2 aromatic rings. The van der Waals surface area contributed by atoms with Crippen molar-refractivity contribution in [2.24, 2.45) is 0 Å². The van der Waals surface area contributed by atoms with Gasteiger partial charge in [0.05, 0.1) is 15.4 Å². The highest BCUT2D eigenvalue weighted by atomic mass is 32.1. The van der Waals surface area contributed by atoms with Crippen LogP contribution in [0.5, 0.6) is 0 Å². The molecule has 134 valence electrons. The number of benzene rings is 1. The molecule has 8 heteroatoms. The summed E-state index contributed by atoms with van der Waals surface area (Å²) in [4.78, 5) is 39.2. The number of hydrogen-bond acceptors (Lipinski definition) is 5. The SMILES string of the molecule is O=C(/C=C/c1ccccc1[N+](=O)[O-])N1CCN(C(=O)c2cccs2)CC1. The van der Waals surface area contributed by atoms with Crippen LogP contribution in [0.2, 0.25) is 0 Å². The predicted octanol–water partition coefficient (Wildman–Crippen LogP) is 2.65. The first kappa shape index (κ1) is 17.8. The van der Waals surface area contributed by atoms with Gasteiger partial charge >= 0.3 is 0 Å². The molecule has 26 heavy (non-hydrogen) atoms. The van der Waals surface area contributed by atoms with E-state index >= 15 is 0 Å². The van der Waals surface area contributed by atoms with Gasteiger partial charge in [-0.3, -0.25) is 19.7 Å². The molecule has 2 amide bonds. The second-order valence-electron chi connectivity index (χ2n) is 5.74. The molecule has 0 N–H and O–H groups in total. The minimum absolute atomic E-state index is 0.0115. The fourth-order valence-electron chi connectivity index (χ4n) is 2.75. The van der Waals surface area contributed by atoms with Gasteiger partial charge in [-0.2, -0.15) is 0 Å². The van der Waals surface area contributed by atoms with Gasteiger partial charge in [0, 0.05) is 38.3 Å². The molecule has 0 aliphatic carbocycles. The first-order valence-electron chi connectivity index (χ1n) is 8.09. The zero-order chi connectivity index (χ0) is 18.5. The summed E-state index contributed by atoms with van der Waals surface area (Å²) in [6.45, 7) is 1.83. The maximum atomic E-state index is 12.3.